The third kappa shape index (κ3) is 4.17. The van der Waals surface area contributed by atoms with Gasteiger partial charge in [-0.3, -0.25) is 9.13 Å². The Balaban J connectivity index is 1.75. The lowest BCUT2D eigenvalue weighted by Crippen LogP contribution is -2.31. The number of benzene rings is 2. The number of carbonyl (C=O) groups is 1. The van der Waals surface area contributed by atoms with E-state index in [1.54, 1.807) is 4.57 Å². The molecule has 2 aromatic carbocycles. The fourth-order valence-corrected chi connectivity index (χ4v) is 4.47. The number of piperidine rings is 1. The van der Waals surface area contributed by atoms with Crippen LogP contribution >= 0.6 is 0 Å². The van der Waals surface area contributed by atoms with Gasteiger partial charge in [0, 0.05) is 31.9 Å². The molecule has 0 spiro atoms. The van der Waals surface area contributed by atoms with Gasteiger partial charge in [0.05, 0.1) is 22.4 Å². The quantitative estimate of drug-likeness (QED) is 0.622. The molecule has 4 rings (SSSR count). The number of rotatable bonds is 5. The average molecular weight is 422 g/mol. The van der Waals surface area contributed by atoms with Gasteiger partial charge in [-0.1, -0.05) is 12.1 Å². The number of anilines is 3. The van der Waals surface area contributed by atoms with Crippen LogP contribution in [0.1, 0.15) is 38.7 Å². The molecule has 1 aliphatic rings. The molecular formula is C24H31N5O2. The second kappa shape index (κ2) is 8.88. The van der Waals surface area contributed by atoms with Crippen molar-refractivity contribution in [3.63, 3.8) is 0 Å². The zero-order valence-corrected chi connectivity index (χ0v) is 18.6. The van der Waals surface area contributed by atoms with Gasteiger partial charge in [-0.25, -0.2) is 9.59 Å². The third-order valence-corrected chi connectivity index (χ3v) is 5.99. The Hall–Kier alpha value is -3.22. The summed E-state index contributed by atoms with van der Waals surface area (Å²) in [5.41, 5.74) is 5.30. The molecule has 164 valence electrons. The SMILES string of the molecule is CCn1c(=O)n(CC)c2cc(N3CCCCC3)c(NC(=O)Nc3cccc(C)c3)cc21. The zero-order chi connectivity index (χ0) is 22.0. The number of nitrogens with one attached hydrogen (secondary N) is 2. The number of hydrogen-bond acceptors (Lipinski definition) is 3. The number of nitrogens with zero attached hydrogens (tertiary/aromatic N) is 3. The Morgan fingerprint density at radius 2 is 1.61 bits per heavy atom. The predicted octanol–water partition coefficient (Wildman–Crippen LogP) is 4.79. The molecule has 0 atom stereocenters. The highest BCUT2D eigenvalue weighted by Gasteiger charge is 2.21. The van der Waals surface area contributed by atoms with Crippen molar-refractivity contribution >= 4 is 34.1 Å². The fourth-order valence-electron chi connectivity index (χ4n) is 4.47. The predicted molar refractivity (Wildman–Crippen MR) is 127 cm³/mol. The minimum atomic E-state index is -0.288. The van der Waals surface area contributed by atoms with Crippen molar-refractivity contribution in [3.8, 4) is 0 Å². The van der Waals surface area contributed by atoms with Crippen LogP contribution in [0.15, 0.2) is 41.2 Å². The number of aryl methyl sites for hydroxylation is 3. The second-order valence-corrected chi connectivity index (χ2v) is 8.13. The van der Waals surface area contributed by atoms with Crippen LogP contribution in [-0.2, 0) is 13.1 Å². The Morgan fingerprint density at radius 1 is 0.935 bits per heavy atom. The van der Waals surface area contributed by atoms with E-state index in [-0.39, 0.29) is 11.7 Å². The first-order chi connectivity index (χ1) is 15.0. The van der Waals surface area contributed by atoms with Gasteiger partial charge in [-0.2, -0.15) is 0 Å². The van der Waals surface area contributed by atoms with Crippen molar-refractivity contribution in [3.05, 3.63) is 52.4 Å². The zero-order valence-electron chi connectivity index (χ0n) is 18.6. The number of fused-ring (bicyclic) bond motifs is 1. The lowest BCUT2D eigenvalue weighted by Gasteiger charge is -2.30. The normalized spacial score (nSPS) is 14.1. The van der Waals surface area contributed by atoms with E-state index in [0.717, 1.165) is 59.6 Å². The van der Waals surface area contributed by atoms with Gasteiger partial charge in [0.2, 0.25) is 0 Å². The van der Waals surface area contributed by atoms with Gasteiger partial charge in [0.15, 0.2) is 0 Å². The molecule has 3 aromatic rings. The number of imidazole rings is 1. The molecule has 0 aliphatic carbocycles. The molecule has 1 saturated heterocycles. The summed E-state index contributed by atoms with van der Waals surface area (Å²) in [7, 11) is 0. The summed E-state index contributed by atoms with van der Waals surface area (Å²) in [6.45, 7) is 9.05. The summed E-state index contributed by atoms with van der Waals surface area (Å²) in [5, 5.41) is 5.97. The first-order valence-electron chi connectivity index (χ1n) is 11.2. The van der Waals surface area contributed by atoms with Crippen LogP contribution in [0, 0.1) is 6.92 Å². The van der Waals surface area contributed by atoms with E-state index in [0.29, 0.717) is 13.1 Å². The van der Waals surface area contributed by atoms with E-state index in [1.165, 1.54) is 6.42 Å². The summed E-state index contributed by atoms with van der Waals surface area (Å²) >= 11 is 0. The van der Waals surface area contributed by atoms with Gasteiger partial charge >= 0.3 is 11.7 Å². The summed E-state index contributed by atoms with van der Waals surface area (Å²) in [5.74, 6) is 0. The van der Waals surface area contributed by atoms with Crippen LogP contribution in [0.5, 0.6) is 0 Å². The van der Waals surface area contributed by atoms with Gasteiger partial charge in [-0.05, 0) is 69.9 Å². The van der Waals surface area contributed by atoms with E-state index in [4.69, 9.17) is 0 Å². The minimum Gasteiger partial charge on any atom is -0.370 e. The first kappa shape index (κ1) is 21.0. The van der Waals surface area contributed by atoms with Gasteiger partial charge < -0.3 is 15.5 Å². The fraction of sp³-hybridized carbons (Fsp3) is 0.417. The van der Waals surface area contributed by atoms with Gasteiger partial charge in [0.25, 0.3) is 0 Å². The third-order valence-electron chi connectivity index (χ3n) is 5.99. The summed E-state index contributed by atoms with van der Waals surface area (Å²) in [4.78, 5) is 28.0. The largest absolute Gasteiger partial charge is 0.370 e. The number of amides is 2. The standard InChI is InChI=1S/C24H31N5O2/c1-4-28-21-15-19(26-23(30)25-18-11-9-10-17(3)14-18)20(27-12-7-6-8-13-27)16-22(21)29(5-2)24(28)31/h9-11,14-16H,4-8,12-13H2,1-3H3,(H2,25,26,30). The Kier molecular flexibility index (Phi) is 6.02. The lowest BCUT2D eigenvalue weighted by molar-refractivity contribution is 0.262. The number of urea groups is 1. The van der Waals surface area contributed by atoms with Crippen molar-refractivity contribution in [2.24, 2.45) is 0 Å². The molecule has 31 heavy (non-hydrogen) atoms. The van der Waals surface area contributed by atoms with E-state index < -0.39 is 0 Å². The molecule has 1 aliphatic heterocycles. The summed E-state index contributed by atoms with van der Waals surface area (Å²) < 4.78 is 3.57. The molecule has 1 aromatic heterocycles. The van der Waals surface area contributed by atoms with Crippen molar-refractivity contribution < 1.29 is 4.79 Å². The van der Waals surface area contributed by atoms with Crippen molar-refractivity contribution in [2.45, 2.75) is 53.1 Å². The lowest BCUT2D eigenvalue weighted by atomic mass is 10.1. The first-order valence-corrected chi connectivity index (χ1v) is 11.2. The van der Waals surface area contributed by atoms with E-state index in [9.17, 15) is 9.59 Å². The van der Waals surface area contributed by atoms with Crippen molar-refractivity contribution in [1.29, 1.82) is 0 Å². The molecule has 0 bridgehead atoms. The highest BCUT2D eigenvalue weighted by molar-refractivity contribution is 6.04. The molecule has 2 N–H and O–H groups in total. The second-order valence-electron chi connectivity index (χ2n) is 8.13. The van der Waals surface area contributed by atoms with E-state index in [1.807, 2.05) is 55.7 Å². The topological polar surface area (TPSA) is 71.3 Å². The smallest absolute Gasteiger partial charge is 0.329 e. The summed E-state index contributed by atoms with van der Waals surface area (Å²) in [6, 6.07) is 11.5. The molecule has 1 fully saturated rings. The molecule has 7 nitrogen and oxygen atoms in total. The maximum absolute atomic E-state index is 12.9. The Morgan fingerprint density at radius 3 is 2.26 bits per heavy atom. The number of aromatic nitrogens is 2. The molecule has 7 heteroatoms. The maximum atomic E-state index is 12.9. The van der Waals surface area contributed by atoms with E-state index >= 15 is 0 Å². The molecule has 0 radical (unpaired) electrons. The molecule has 0 saturated carbocycles. The van der Waals surface area contributed by atoms with Gasteiger partial charge in [-0.15, -0.1) is 0 Å². The minimum absolute atomic E-state index is 0.00837. The molecular weight excluding hydrogens is 390 g/mol. The average Bonchev–Trinajstić information content (AvgIpc) is 3.03. The monoisotopic (exact) mass is 421 g/mol. The van der Waals surface area contributed by atoms with Crippen molar-refractivity contribution in [1.82, 2.24) is 9.13 Å². The maximum Gasteiger partial charge on any atom is 0.329 e. The summed E-state index contributed by atoms with van der Waals surface area (Å²) in [6.07, 6.45) is 3.48. The highest BCUT2D eigenvalue weighted by atomic mass is 16.2. The number of carbonyl (C=O) groups excluding carboxylic acids is 1. The van der Waals surface area contributed by atoms with Crippen LogP contribution < -0.4 is 21.2 Å². The van der Waals surface area contributed by atoms with Crippen molar-refractivity contribution in [2.75, 3.05) is 28.6 Å². The van der Waals surface area contributed by atoms with Crippen LogP contribution in [0.4, 0.5) is 21.9 Å². The van der Waals surface area contributed by atoms with Crippen LogP contribution in [0.3, 0.4) is 0 Å². The van der Waals surface area contributed by atoms with Crippen LogP contribution in [0.2, 0.25) is 0 Å². The van der Waals surface area contributed by atoms with Crippen LogP contribution in [-0.4, -0.2) is 28.3 Å². The molecule has 0 unspecified atom stereocenters. The highest BCUT2D eigenvalue weighted by Crippen LogP contribution is 2.33. The Bertz CT molecular complexity index is 1150. The van der Waals surface area contributed by atoms with Gasteiger partial charge in [0.1, 0.15) is 0 Å². The molecule has 2 heterocycles. The Labute approximate surface area is 182 Å². The van der Waals surface area contributed by atoms with Crippen LogP contribution in [0.25, 0.3) is 11.0 Å². The van der Waals surface area contributed by atoms with E-state index in [2.05, 4.69) is 21.6 Å². The molecule has 2 amide bonds. The number of hydrogen-bond donors (Lipinski definition) is 2.